The van der Waals surface area contributed by atoms with Crippen molar-refractivity contribution in [3.8, 4) is 0 Å². The lowest BCUT2D eigenvalue weighted by Gasteiger charge is -2.25. The van der Waals surface area contributed by atoms with Gasteiger partial charge in [0.15, 0.2) is 0 Å². The second-order valence-corrected chi connectivity index (χ2v) is 7.75. The van der Waals surface area contributed by atoms with Gasteiger partial charge in [0.25, 0.3) is 0 Å². The number of hydrogen-bond donors (Lipinski definition) is 1. The topological polar surface area (TPSA) is 60.9 Å². The Morgan fingerprint density at radius 1 is 1.21 bits per heavy atom. The second kappa shape index (κ2) is 8.11. The third kappa shape index (κ3) is 4.66. The van der Waals surface area contributed by atoms with Gasteiger partial charge in [0.2, 0.25) is 5.91 Å². The third-order valence-electron chi connectivity index (χ3n) is 5.79. The Balaban J connectivity index is 1.62. The summed E-state index contributed by atoms with van der Waals surface area (Å²) in [5, 5.41) is 8.94. The Morgan fingerprint density at radius 3 is 2.61 bits per heavy atom. The van der Waals surface area contributed by atoms with E-state index in [-0.39, 0.29) is 30.0 Å². The van der Waals surface area contributed by atoms with Crippen LogP contribution >= 0.6 is 0 Å². The van der Waals surface area contributed by atoms with Crippen molar-refractivity contribution >= 4 is 11.9 Å². The van der Waals surface area contributed by atoms with Crippen molar-refractivity contribution in [2.75, 3.05) is 26.7 Å². The molecule has 1 aromatic carbocycles. The molecular formula is C20H25F3N2O3. The van der Waals surface area contributed by atoms with Crippen molar-refractivity contribution in [2.45, 2.75) is 43.8 Å². The van der Waals surface area contributed by atoms with Crippen LogP contribution in [0.2, 0.25) is 0 Å². The van der Waals surface area contributed by atoms with Gasteiger partial charge in [0.1, 0.15) is 0 Å². The summed E-state index contributed by atoms with van der Waals surface area (Å²) in [6.07, 6.45) is -1.73. The van der Waals surface area contributed by atoms with Crippen molar-refractivity contribution in [1.29, 1.82) is 0 Å². The zero-order valence-corrected chi connectivity index (χ0v) is 15.8. The number of rotatable bonds is 5. The van der Waals surface area contributed by atoms with Crippen molar-refractivity contribution in [3.63, 3.8) is 0 Å². The molecule has 154 valence electrons. The highest BCUT2D eigenvalue weighted by atomic mass is 19.4. The van der Waals surface area contributed by atoms with E-state index in [0.29, 0.717) is 25.9 Å². The van der Waals surface area contributed by atoms with Crippen LogP contribution in [0, 0.1) is 5.92 Å². The number of likely N-dealkylation sites (N-methyl/N-ethyl adjacent to an activating group) is 1. The standard InChI is InChI=1S/C20H25F3N2O3/c1-24(12-18(26)27)13-5-4-9-25(10-8-13)19(28)16-11-15(16)14-6-2-3-7-17(14)20(21,22)23/h2-3,6-7,13,15-16H,4-5,8-12H2,1H3,(H,26,27). The first-order valence-corrected chi connectivity index (χ1v) is 9.55. The number of alkyl halides is 3. The molecule has 0 bridgehead atoms. The molecule has 1 saturated heterocycles. The zero-order chi connectivity index (χ0) is 20.5. The van der Waals surface area contributed by atoms with Crippen LogP contribution in [-0.4, -0.2) is 59.5 Å². The van der Waals surface area contributed by atoms with Gasteiger partial charge in [-0.25, -0.2) is 0 Å². The molecule has 2 aliphatic rings. The van der Waals surface area contributed by atoms with E-state index in [0.717, 1.165) is 18.9 Å². The lowest BCUT2D eigenvalue weighted by atomic mass is 10.0. The molecule has 1 aromatic rings. The summed E-state index contributed by atoms with van der Waals surface area (Å²) in [6.45, 7) is 1.04. The van der Waals surface area contributed by atoms with Gasteiger partial charge in [0.05, 0.1) is 12.1 Å². The van der Waals surface area contributed by atoms with E-state index in [4.69, 9.17) is 5.11 Å². The molecule has 0 spiro atoms. The third-order valence-corrected chi connectivity index (χ3v) is 5.79. The average Bonchev–Trinajstić information content (AvgIpc) is 3.43. The molecule has 0 radical (unpaired) electrons. The maximum absolute atomic E-state index is 13.2. The first-order chi connectivity index (χ1) is 13.2. The maximum Gasteiger partial charge on any atom is 0.416 e. The van der Waals surface area contributed by atoms with Crippen LogP contribution in [0.3, 0.4) is 0 Å². The van der Waals surface area contributed by atoms with E-state index >= 15 is 0 Å². The van der Waals surface area contributed by atoms with Gasteiger partial charge in [-0.05, 0) is 50.3 Å². The minimum absolute atomic E-state index is 0.0441. The Kier molecular flexibility index (Phi) is 5.98. The molecule has 2 fully saturated rings. The Morgan fingerprint density at radius 2 is 1.93 bits per heavy atom. The SMILES string of the molecule is CN(CC(=O)O)C1CCCN(C(=O)C2CC2c2ccccc2C(F)(F)F)CC1. The normalized spacial score (nSPS) is 25.5. The second-order valence-electron chi connectivity index (χ2n) is 7.75. The van der Waals surface area contributed by atoms with Gasteiger partial charge >= 0.3 is 12.1 Å². The lowest BCUT2D eigenvalue weighted by molar-refractivity contribution is -0.139. The molecule has 3 rings (SSSR count). The number of carbonyl (C=O) groups excluding carboxylic acids is 1. The summed E-state index contributed by atoms with van der Waals surface area (Å²) >= 11 is 0. The van der Waals surface area contributed by atoms with Gasteiger partial charge in [-0.3, -0.25) is 14.5 Å². The van der Waals surface area contributed by atoms with Crippen LogP contribution in [0.4, 0.5) is 13.2 Å². The predicted molar refractivity (Wildman–Crippen MR) is 96.8 cm³/mol. The summed E-state index contributed by atoms with van der Waals surface area (Å²) in [7, 11) is 1.77. The lowest BCUT2D eigenvalue weighted by Crippen LogP contribution is -2.37. The Bertz CT molecular complexity index is 738. The van der Waals surface area contributed by atoms with Crippen molar-refractivity contribution < 1.29 is 27.9 Å². The number of nitrogens with zero attached hydrogens (tertiary/aromatic N) is 2. The molecule has 3 unspecified atom stereocenters. The molecule has 1 aliphatic heterocycles. The molecule has 5 nitrogen and oxygen atoms in total. The quantitative estimate of drug-likeness (QED) is 0.828. The fraction of sp³-hybridized carbons (Fsp3) is 0.600. The van der Waals surface area contributed by atoms with Gasteiger partial charge in [-0.15, -0.1) is 0 Å². The molecule has 3 atom stereocenters. The van der Waals surface area contributed by atoms with Gasteiger partial charge in [0, 0.05) is 25.0 Å². The van der Waals surface area contributed by atoms with Crippen LogP contribution in [0.15, 0.2) is 24.3 Å². The molecule has 1 saturated carbocycles. The summed E-state index contributed by atoms with van der Waals surface area (Å²) in [4.78, 5) is 27.3. The maximum atomic E-state index is 13.2. The number of aliphatic carboxylic acids is 1. The molecular weight excluding hydrogens is 373 g/mol. The highest BCUT2D eigenvalue weighted by molar-refractivity contribution is 5.83. The van der Waals surface area contributed by atoms with Crippen LogP contribution in [-0.2, 0) is 15.8 Å². The van der Waals surface area contributed by atoms with E-state index in [1.807, 2.05) is 0 Å². The fourth-order valence-corrected chi connectivity index (χ4v) is 4.21. The minimum Gasteiger partial charge on any atom is -0.480 e. The first kappa shape index (κ1) is 20.6. The van der Waals surface area contributed by atoms with E-state index < -0.39 is 23.6 Å². The molecule has 28 heavy (non-hydrogen) atoms. The first-order valence-electron chi connectivity index (χ1n) is 9.55. The molecule has 1 heterocycles. The number of carbonyl (C=O) groups is 2. The number of benzene rings is 1. The summed E-state index contributed by atoms with van der Waals surface area (Å²) < 4.78 is 39.7. The Labute approximate surface area is 162 Å². The van der Waals surface area contributed by atoms with Crippen LogP contribution in [0.25, 0.3) is 0 Å². The smallest absolute Gasteiger partial charge is 0.416 e. The predicted octanol–water partition coefficient (Wildman–Crippen LogP) is 3.21. The number of halogens is 3. The van der Waals surface area contributed by atoms with Gasteiger partial charge < -0.3 is 10.0 Å². The highest BCUT2D eigenvalue weighted by Crippen LogP contribution is 2.51. The van der Waals surface area contributed by atoms with Crippen molar-refractivity contribution in [1.82, 2.24) is 9.80 Å². The Hall–Kier alpha value is -2.09. The minimum atomic E-state index is -4.42. The summed E-state index contributed by atoms with van der Waals surface area (Å²) in [6, 6.07) is 5.59. The van der Waals surface area contributed by atoms with E-state index in [1.165, 1.54) is 12.1 Å². The van der Waals surface area contributed by atoms with Crippen molar-refractivity contribution in [3.05, 3.63) is 35.4 Å². The number of carboxylic acids is 1. The molecule has 1 aliphatic carbocycles. The molecule has 1 amide bonds. The number of carboxylic acid groups (broad SMARTS) is 1. The van der Waals surface area contributed by atoms with Gasteiger partial charge in [-0.1, -0.05) is 18.2 Å². The summed E-state index contributed by atoms with van der Waals surface area (Å²) in [5.74, 6) is -1.73. The monoisotopic (exact) mass is 398 g/mol. The molecule has 8 heteroatoms. The summed E-state index contributed by atoms with van der Waals surface area (Å²) in [5.41, 5.74) is -0.441. The number of likely N-dealkylation sites (tertiary alicyclic amines) is 1. The fourth-order valence-electron chi connectivity index (χ4n) is 4.21. The number of amides is 1. The van der Waals surface area contributed by atoms with E-state index in [9.17, 15) is 22.8 Å². The van der Waals surface area contributed by atoms with E-state index in [2.05, 4.69) is 0 Å². The van der Waals surface area contributed by atoms with Crippen LogP contribution in [0.5, 0.6) is 0 Å². The zero-order valence-electron chi connectivity index (χ0n) is 15.8. The molecule has 0 aromatic heterocycles. The number of hydrogen-bond acceptors (Lipinski definition) is 3. The van der Waals surface area contributed by atoms with Crippen LogP contribution < -0.4 is 0 Å². The largest absolute Gasteiger partial charge is 0.480 e. The average molecular weight is 398 g/mol. The van der Waals surface area contributed by atoms with E-state index in [1.54, 1.807) is 22.9 Å². The molecule has 1 N–H and O–H groups in total. The van der Waals surface area contributed by atoms with Crippen LogP contribution in [0.1, 0.15) is 42.7 Å². The van der Waals surface area contributed by atoms with Gasteiger partial charge in [-0.2, -0.15) is 13.2 Å². The highest BCUT2D eigenvalue weighted by Gasteiger charge is 2.49. The van der Waals surface area contributed by atoms with Crippen molar-refractivity contribution in [2.24, 2.45) is 5.92 Å².